The Morgan fingerprint density at radius 1 is 1.29 bits per heavy atom. The number of rotatable bonds is 7. The molecule has 1 aliphatic rings. The van der Waals surface area contributed by atoms with E-state index in [1.54, 1.807) is 0 Å². The lowest BCUT2D eigenvalue weighted by molar-refractivity contribution is -0.122. The van der Waals surface area contributed by atoms with Crippen molar-refractivity contribution in [3.63, 3.8) is 0 Å². The highest BCUT2D eigenvalue weighted by Crippen LogP contribution is 2.28. The predicted octanol–water partition coefficient (Wildman–Crippen LogP) is 3.70. The van der Waals surface area contributed by atoms with Crippen molar-refractivity contribution in [1.29, 1.82) is 0 Å². The molecule has 1 aliphatic carbocycles. The number of nitrogens with one attached hydrogen (secondary N) is 1. The van der Waals surface area contributed by atoms with Crippen molar-refractivity contribution in [3.05, 3.63) is 0 Å². The van der Waals surface area contributed by atoms with Gasteiger partial charge in [-0.15, -0.1) is 23.2 Å². The molecule has 1 fully saturated rings. The molecule has 100 valence electrons. The zero-order valence-corrected chi connectivity index (χ0v) is 12.1. The van der Waals surface area contributed by atoms with E-state index in [2.05, 4.69) is 5.32 Å². The average molecular weight is 280 g/mol. The van der Waals surface area contributed by atoms with E-state index in [4.69, 9.17) is 23.2 Å². The van der Waals surface area contributed by atoms with Gasteiger partial charge in [-0.1, -0.05) is 32.6 Å². The summed E-state index contributed by atoms with van der Waals surface area (Å²) >= 11 is 11.8. The Hall–Kier alpha value is 0.0500. The highest BCUT2D eigenvalue weighted by atomic mass is 35.5. The fraction of sp³-hybridized carbons (Fsp3) is 0.923. The Morgan fingerprint density at radius 3 is 2.35 bits per heavy atom. The first kappa shape index (κ1) is 15.1. The van der Waals surface area contributed by atoms with Crippen LogP contribution in [0, 0.1) is 5.92 Å². The first-order valence-electron chi connectivity index (χ1n) is 6.58. The summed E-state index contributed by atoms with van der Waals surface area (Å²) in [4.78, 5) is 11.9. The van der Waals surface area contributed by atoms with E-state index in [1.165, 1.54) is 25.7 Å². The van der Waals surface area contributed by atoms with E-state index in [-0.39, 0.29) is 5.91 Å². The summed E-state index contributed by atoms with van der Waals surface area (Å²) in [5.41, 5.74) is -0.421. The zero-order chi connectivity index (χ0) is 12.7. The van der Waals surface area contributed by atoms with E-state index < -0.39 is 5.54 Å². The Balaban J connectivity index is 2.31. The molecule has 1 rings (SSSR count). The third-order valence-electron chi connectivity index (χ3n) is 3.85. The van der Waals surface area contributed by atoms with E-state index in [0.29, 0.717) is 18.2 Å². The molecule has 1 N–H and O–H groups in total. The first-order valence-corrected chi connectivity index (χ1v) is 7.65. The molecule has 0 heterocycles. The summed E-state index contributed by atoms with van der Waals surface area (Å²) in [6.45, 7) is 2.00. The summed E-state index contributed by atoms with van der Waals surface area (Å²) in [6.07, 6.45) is 7.63. The summed E-state index contributed by atoms with van der Waals surface area (Å²) in [7, 11) is 0. The Bertz CT molecular complexity index is 227. The molecule has 0 saturated heterocycles. The largest absolute Gasteiger partial charge is 0.348 e. The van der Waals surface area contributed by atoms with Crippen molar-refractivity contribution in [1.82, 2.24) is 5.32 Å². The molecule has 0 aromatic rings. The van der Waals surface area contributed by atoms with Crippen LogP contribution in [0.3, 0.4) is 0 Å². The van der Waals surface area contributed by atoms with Gasteiger partial charge in [0.15, 0.2) is 0 Å². The zero-order valence-electron chi connectivity index (χ0n) is 10.6. The SMILES string of the molecule is CCC(CCl)(CCl)NC(=O)CCC1CCCC1. The number of alkyl halides is 2. The van der Waals surface area contributed by atoms with Crippen molar-refractivity contribution in [2.45, 2.75) is 57.4 Å². The fourth-order valence-corrected chi connectivity index (χ4v) is 3.17. The second kappa shape index (κ2) is 7.48. The molecule has 0 bridgehead atoms. The van der Waals surface area contributed by atoms with Crippen molar-refractivity contribution in [3.8, 4) is 0 Å². The maximum Gasteiger partial charge on any atom is 0.220 e. The molecule has 0 radical (unpaired) electrons. The maximum atomic E-state index is 11.9. The van der Waals surface area contributed by atoms with Crippen molar-refractivity contribution >= 4 is 29.1 Å². The lowest BCUT2D eigenvalue weighted by Crippen LogP contribution is -2.51. The number of carbonyl (C=O) groups excluding carboxylic acids is 1. The van der Waals surface area contributed by atoms with Crippen LogP contribution < -0.4 is 5.32 Å². The monoisotopic (exact) mass is 279 g/mol. The van der Waals surface area contributed by atoms with E-state index in [9.17, 15) is 4.79 Å². The molecule has 0 spiro atoms. The summed E-state index contributed by atoms with van der Waals surface area (Å²) in [6, 6.07) is 0. The standard InChI is InChI=1S/C13H23Cl2NO/c1-2-13(9-14,10-15)16-12(17)8-7-11-5-3-4-6-11/h11H,2-10H2,1H3,(H,16,17). The van der Waals surface area contributed by atoms with Crippen LogP contribution in [0.5, 0.6) is 0 Å². The van der Waals surface area contributed by atoms with Gasteiger partial charge in [0.1, 0.15) is 0 Å². The summed E-state index contributed by atoms with van der Waals surface area (Å²) in [5.74, 6) is 1.61. The van der Waals surface area contributed by atoms with Crippen LogP contribution in [0.25, 0.3) is 0 Å². The van der Waals surface area contributed by atoms with E-state index >= 15 is 0 Å². The van der Waals surface area contributed by atoms with Crippen LogP contribution in [0.2, 0.25) is 0 Å². The third kappa shape index (κ3) is 4.67. The second-order valence-electron chi connectivity index (χ2n) is 5.14. The fourth-order valence-electron chi connectivity index (χ4n) is 2.37. The van der Waals surface area contributed by atoms with E-state index in [1.807, 2.05) is 6.92 Å². The van der Waals surface area contributed by atoms with Crippen molar-refractivity contribution in [2.24, 2.45) is 5.92 Å². The number of halogens is 2. The van der Waals surface area contributed by atoms with Crippen LogP contribution in [0.1, 0.15) is 51.9 Å². The van der Waals surface area contributed by atoms with Gasteiger partial charge in [0.05, 0.1) is 5.54 Å². The van der Waals surface area contributed by atoms with Gasteiger partial charge in [-0.25, -0.2) is 0 Å². The normalized spacial score (nSPS) is 17.4. The van der Waals surface area contributed by atoms with Crippen LogP contribution in [0.15, 0.2) is 0 Å². The number of hydrogen-bond donors (Lipinski definition) is 1. The topological polar surface area (TPSA) is 29.1 Å². The second-order valence-corrected chi connectivity index (χ2v) is 5.67. The smallest absolute Gasteiger partial charge is 0.220 e. The number of hydrogen-bond acceptors (Lipinski definition) is 1. The third-order valence-corrected chi connectivity index (χ3v) is 4.87. The van der Waals surface area contributed by atoms with Gasteiger partial charge in [-0.3, -0.25) is 4.79 Å². The minimum atomic E-state index is -0.421. The Morgan fingerprint density at radius 2 is 1.88 bits per heavy atom. The summed E-state index contributed by atoms with van der Waals surface area (Å²) < 4.78 is 0. The van der Waals surface area contributed by atoms with Crippen molar-refractivity contribution < 1.29 is 4.79 Å². The average Bonchev–Trinajstić information content (AvgIpc) is 2.87. The van der Waals surface area contributed by atoms with E-state index in [0.717, 1.165) is 18.8 Å². The van der Waals surface area contributed by atoms with Gasteiger partial charge < -0.3 is 5.32 Å². The molecule has 0 aromatic heterocycles. The lowest BCUT2D eigenvalue weighted by atomic mass is 9.99. The molecule has 0 unspecified atom stereocenters. The quantitative estimate of drug-likeness (QED) is 0.708. The molecule has 0 aliphatic heterocycles. The molecule has 17 heavy (non-hydrogen) atoms. The summed E-state index contributed by atoms with van der Waals surface area (Å²) in [5, 5.41) is 3.00. The minimum Gasteiger partial charge on any atom is -0.348 e. The maximum absolute atomic E-state index is 11.9. The molecule has 0 aromatic carbocycles. The van der Waals surface area contributed by atoms with Crippen LogP contribution in [-0.4, -0.2) is 23.2 Å². The predicted molar refractivity (Wildman–Crippen MR) is 73.8 cm³/mol. The first-order chi connectivity index (χ1) is 8.15. The highest BCUT2D eigenvalue weighted by molar-refractivity contribution is 6.22. The molecule has 0 atom stereocenters. The van der Waals surface area contributed by atoms with Gasteiger partial charge in [0.25, 0.3) is 0 Å². The molecule has 1 amide bonds. The molecule has 4 heteroatoms. The molecule has 2 nitrogen and oxygen atoms in total. The van der Waals surface area contributed by atoms with Crippen molar-refractivity contribution in [2.75, 3.05) is 11.8 Å². The molecular formula is C13H23Cl2NO. The van der Waals surface area contributed by atoms with Gasteiger partial charge in [-0.05, 0) is 18.8 Å². The molecule has 1 saturated carbocycles. The highest BCUT2D eigenvalue weighted by Gasteiger charge is 2.28. The van der Waals surface area contributed by atoms with Crippen LogP contribution in [0.4, 0.5) is 0 Å². The number of amides is 1. The van der Waals surface area contributed by atoms with Gasteiger partial charge in [0.2, 0.25) is 5.91 Å². The van der Waals surface area contributed by atoms with Crippen LogP contribution in [-0.2, 0) is 4.79 Å². The molecular weight excluding hydrogens is 257 g/mol. The Labute approximate surface area is 114 Å². The Kier molecular flexibility index (Phi) is 6.65. The van der Waals surface area contributed by atoms with Gasteiger partial charge in [-0.2, -0.15) is 0 Å². The number of carbonyl (C=O) groups is 1. The lowest BCUT2D eigenvalue weighted by Gasteiger charge is -2.29. The minimum absolute atomic E-state index is 0.0973. The van der Waals surface area contributed by atoms with Gasteiger partial charge >= 0.3 is 0 Å². The van der Waals surface area contributed by atoms with Gasteiger partial charge in [0, 0.05) is 18.2 Å². The van der Waals surface area contributed by atoms with Crippen LogP contribution >= 0.6 is 23.2 Å².